The van der Waals surface area contributed by atoms with E-state index in [1.807, 2.05) is 12.1 Å². The van der Waals surface area contributed by atoms with E-state index in [2.05, 4.69) is 23.7 Å². The molecule has 0 bridgehead atoms. The fourth-order valence-corrected chi connectivity index (χ4v) is 4.89. The van der Waals surface area contributed by atoms with Gasteiger partial charge in [0, 0.05) is 34.3 Å². The van der Waals surface area contributed by atoms with Gasteiger partial charge in [-0.05, 0) is 48.4 Å². The van der Waals surface area contributed by atoms with Crippen LogP contribution in [0.2, 0.25) is 0 Å². The van der Waals surface area contributed by atoms with Gasteiger partial charge in [0.05, 0.1) is 20.1 Å². The van der Waals surface area contributed by atoms with E-state index in [0.29, 0.717) is 17.9 Å². The molecule has 1 aromatic carbocycles. The summed E-state index contributed by atoms with van der Waals surface area (Å²) in [4.78, 5) is 14.0. The molecular weight excluding hydrogens is 334 g/mol. The number of fused-ring (bicyclic) bond motifs is 1. The lowest BCUT2D eigenvalue weighted by atomic mass is 9.77. The molecule has 2 aromatic rings. The summed E-state index contributed by atoms with van der Waals surface area (Å²) < 4.78 is 11.0. The second kappa shape index (κ2) is 6.23. The van der Waals surface area contributed by atoms with Gasteiger partial charge in [0.1, 0.15) is 0 Å². The first kappa shape index (κ1) is 16.2. The first-order valence-electron chi connectivity index (χ1n) is 8.47. The molecule has 0 fully saturated rings. The van der Waals surface area contributed by atoms with E-state index in [-0.39, 0.29) is 11.7 Å². The summed E-state index contributed by atoms with van der Waals surface area (Å²) in [6.07, 6.45) is 2.45. The highest BCUT2D eigenvalue weighted by atomic mass is 32.1. The van der Waals surface area contributed by atoms with Crippen LogP contribution in [0.4, 0.5) is 5.69 Å². The van der Waals surface area contributed by atoms with Gasteiger partial charge in [-0.3, -0.25) is 4.79 Å². The van der Waals surface area contributed by atoms with Crippen molar-refractivity contribution in [2.24, 2.45) is 0 Å². The molecule has 1 aliphatic heterocycles. The summed E-state index contributed by atoms with van der Waals surface area (Å²) in [5.74, 6) is 1.61. The van der Waals surface area contributed by atoms with E-state index in [4.69, 9.17) is 9.47 Å². The van der Waals surface area contributed by atoms with Crippen molar-refractivity contribution in [1.29, 1.82) is 0 Å². The second-order valence-electron chi connectivity index (χ2n) is 6.49. The van der Waals surface area contributed by atoms with Gasteiger partial charge in [0.15, 0.2) is 17.3 Å². The highest BCUT2D eigenvalue weighted by Gasteiger charge is 2.37. The third-order valence-electron chi connectivity index (χ3n) is 5.06. The Bertz CT molecular complexity index is 881. The maximum atomic E-state index is 12.8. The highest BCUT2D eigenvalue weighted by Crippen LogP contribution is 2.50. The van der Waals surface area contributed by atoms with Crippen LogP contribution < -0.4 is 14.8 Å². The average molecular weight is 355 g/mol. The Kier molecular flexibility index (Phi) is 4.04. The quantitative estimate of drug-likeness (QED) is 0.871. The number of thiophene rings is 1. The minimum Gasteiger partial charge on any atom is -0.493 e. The van der Waals surface area contributed by atoms with Crippen molar-refractivity contribution >= 4 is 22.8 Å². The molecule has 0 amide bonds. The molecule has 1 atom stereocenters. The maximum absolute atomic E-state index is 12.8. The SMILES string of the molecule is COc1cc2c(cc1OC)[C@H](c1sccc1C)C1=C(CCCC1=O)N2. The number of methoxy groups -OCH3 is 2. The molecule has 0 spiro atoms. The smallest absolute Gasteiger partial charge is 0.162 e. The molecule has 25 heavy (non-hydrogen) atoms. The normalized spacial score (nSPS) is 19.2. The van der Waals surface area contributed by atoms with Crippen LogP contribution in [0, 0.1) is 6.92 Å². The largest absolute Gasteiger partial charge is 0.493 e. The van der Waals surface area contributed by atoms with Crippen LogP contribution >= 0.6 is 11.3 Å². The zero-order chi connectivity index (χ0) is 17.6. The minimum absolute atomic E-state index is 0.0288. The van der Waals surface area contributed by atoms with Gasteiger partial charge in [-0.2, -0.15) is 0 Å². The third kappa shape index (κ3) is 2.54. The van der Waals surface area contributed by atoms with Crippen molar-refractivity contribution in [2.45, 2.75) is 32.1 Å². The van der Waals surface area contributed by atoms with Crippen molar-refractivity contribution in [1.82, 2.24) is 0 Å². The molecule has 0 saturated heterocycles. The summed E-state index contributed by atoms with van der Waals surface area (Å²) in [5, 5.41) is 5.59. The topological polar surface area (TPSA) is 47.6 Å². The van der Waals surface area contributed by atoms with Crippen LogP contribution in [0.1, 0.15) is 41.2 Å². The number of nitrogens with one attached hydrogen (secondary N) is 1. The predicted molar refractivity (Wildman–Crippen MR) is 100.0 cm³/mol. The lowest BCUT2D eigenvalue weighted by molar-refractivity contribution is -0.116. The highest BCUT2D eigenvalue weighted by molar-refractivity contribution is 7.10. The van der Waals surface area contributed by atoms with Crippen LogP contribution in [0.5, 0.6) is 11.5 Å². The van der Waals surface area contributed by atoms with Gasteiger partial charge in [-0.1, -0.05) is 0 Å². The van der Waals surface area contributed by atoms with E-state index in [1.54, 1.807) is 25.6 Å². The van der Waals surface area contributed by atoms with E-state index < -0.39 is 0 Å². The molecule has 0 radical (unpaired) electrons. The molecule has 0 unspecified atom stereocenters. The molecule has 1 N–H and O–H groups in total. The van der Waals surface area contributed by atoms with Gasteiger partial charge in [0.25, 0.3) is 0 Å². The number of ketones is 1. The first-order valence-corrected chi connectivity index (χ1v) is 9.35. The van der Waals surface area contributed by atoms with Crippen LogP contribution in [0.25, 0.3) is 0 Å². The lowest BCUT2D eigenvalue weighted by Gasteiger charge is -2.34. The maximum Gasteiger partial charge on any atom is 0.162 e. The predicted octanol–water partition coefficient (Wildman–Crippen LogP) is 4.64. The van der Waals surface area contributed by atoms with E-state index >= 15 is 0 Å². The summed E-state index contributed by atoms with van der Waals surface area (Å²) in [6.45, 7) is 2.11. The molecule has 1 aromatic heterocycles. The number of rotatable bonds is 3. The van der Waals surface area contributed by atoms with Crippen molar-refractivity contribution < 1.29 is 14.3 Å². The number of aryl methyl sites for hydroxylation is 1. The summed E-state index contributed by atoms with van der Waals surface area (Å²) in [7, 11) is 3.28. The standard InChI is InChI=1S/C20H21NO3S/c1-11-7-8-25-20(11)18-12-9-16(23-2)17(24-3)10-14(12)21-13-5-4-6-15(22)19(13)18/h7-10,18,21H,4-6H2,1-3H3/t18-/m0/s1. The summed E-state index contributed by atoms with van der Waals surface area (Å²) in [6, 6.07) is 6.11. The number of Topliss-reactive ketones (excluding diaryl/α,β-unsaturated/α-hetero) is 1. The fraction of sp³-hybridized carbons (Fsp3) is 0.350. The number of anilines is 1. The number of allylic oxidation sites excluding steroid dienone is 2. The van der Waals surface area contributed by atoms with Crippen LogP contribution in [-0.4, -0.2) is 20.0 Å². The second-order valence-corrected chi connectivity index (χ2v) is 7.44. The monoisotopic (exact) mass is 355 g/mol. The Hall–Kier alpha value is -2.27. The molecule has 4 nitrogen and oxygen atoms in total. The molecule has 5 heteroatoms. The van der Waals surface area contributed by atoms with Crippen molar-refractivity contribution in [3.63, 3.8) is 0 Å². The Morgan fingerprint density at radius 3 is 2.60 bits per heavy atom. The summed E-state index contributed by atoms with van der Waals surface area (Å²) in [5.41, 5.74) is 5.30. The Labute approximate surface area is 151 Å². The molecule has 2 aliphatic rings. The van der Waals surface area contributed by atoms with Crippen molar-refractivity contribution in [3.8, 4) is 11.5 Å². The lowest BCUT2D eigenvalue weighted by Crippen LogP contribution is -2.26. The molecule has 1 aliphatic carbocycles. The van der Waals surface area contributed by atoms with Gasteiger partial charge in [-0.15, -0.1) is 11.3 Å². The van der Waals surface area contributed by atoms with E-state index in [1.165, 1.54) is 10.4 Å². The zero-order valence-corrected chi connectivity index (χ0v) is 15.5. The number of benzene rings is 1. The number of ether oxygens (including phenoxy) is 2. The molecule has 2 heterocycles. The van der Waals surface area contributed by atoms with Crippen molar-refractivity contribution in [3.05, 3.63) is 50.9 Å². The molecular formula is C20H21NO3S. The van der Waals surface area contributed by atoms with Gasteiger partial charge >= 0.3 is 0 Å². The van der Waals surface area contributed by atoms with Crippen LogP contribution in [0.15, 0.2) is 34.8 Å². The number of hydrogen-bond acceptors (Lipinski definition) is 5. The molecule has 0 saturated carbocycles. The number of hydrogen-bond donors (Lipinski definition) is 1. The van der Waals surface area contributed by atoms with Gasteiger partial charge < -0.3 is 14.8 Å². The number of carbonyl (C=O) groups excluding carboxylic acids is 1. The average Bonchev–Trinajstić information content (AvgIpc) is 3.04. The molecule has 4 rings (SSSR count). The Balaban J connectivity index is 1.97. The van der Waals surface area contributed by atoms with Crippen molar-refractivity contribution in [2.75, 3.05) is 19.5 Å². The van der Waals surface area contributed by atoms with Gasteiger partial charge in [-0.25, -0.2) is 0 Å². The van der Waals surface area contributed by atoms with Crippen LogP contribution in [0.3, 0.4) is 0 Å². The number of carbonyl (C=O) groups is 1. The Morgan fingerprint density at radius 2 is 1.92 bits per heavy atom. The van der Waals surface area contributed by atoms with E-state index in [0.717, 1.165) is 35.4 Å². The van der Waals surface area contributed by atoms with Gasteiger partial charge in [0.2, 0.25) is 0 Å². The zero-order valence-electron chi connectivity index (χ0n) is 14.6. The Morgan fingerprint density at radius 1 is 1.16 bits per heavy atom. The van der Waals surface area contributed by atoms with E-state index in [9.17, 15) is 4.79 Å². The first-order chi connectivity index (χ1) is 12.1. The minimum atomic E-state index is -0.0288. The summed E-state index contributed by atoms with van der Waals surface area (Å²) >= 11 is 1.71. The third-order valence-corrected chi connectivity index (χ3v) is 6.14. The van der Waals surface area contributed by atoms with Crippen LogP contribution in [-0.2, 0) is 4.79 Å². The fourth-order valence-electron chi connectivity index (χ4n) is 3.84. The molecule has 130 valence electrons.